The highest BCUT2D eigenvalue weighted by Gasteiger charge is 2.50. The van der Waals surface area contributed by atoms with E-state index in [0.717, 1.165) is 18.9 Å². The third-order valence-corrected chi connectivity index (χ3v) is 2.11. The lowest BCUT2D eigenvalue weighted by Gasteiger charge is -2.18. The van der Waals surface area contributed by atoms with Gasteiger partial charge in [-0.1, -0.05) is 49.0 Å². The Kier molecular flexibility index (Phi) is 5.15. The number of allylic oxidation sites excluding steroid dienone is 2. The van der Waals surface area contributed by atoms with Gasteiger partial charge in [-0.15, -0.1) is 0 Å². The van der Waals surface area contributed by atoms with E-state index >= 15 is 0 Å². The second-order valence-corrected chi connectivity index (χ2v) is 4.05. The molecular formula is C8H11Cl2F3. The average molecular weight is 235 g/mol. The molecule has 0 atom stereocenters. The van der Waals surface area contributed by atoms with Gasteiger partial charge < -0.3 is 0 Å². The Morgan fingerprint density at radius 3 is 2.15 bits per heavy atom. The van der Waals surface area contributed by atoms with Crippen molar-refractivity contribution in [2.45, 2.75) is 36.7 Å². The lowest BCUT2D eigenvalue weighted by Crippen LogP contribution is -2.31. The summed E-state index contributed by atoms with van der Waals surface area (Å²) in [4.78, 5) is 0. The summed E-state index contributed by atoms with van der Waals surface area (Å²) in [5.74, 6) is 0. The Balaban J connectivity index is 4.09. The Bertz CT molecular complexity index is 173. The van der Waals surface area contributed by atoms with E-state index in [4.69, 9.17) is 23.2 Å². The van der Waals surface area contributed by atoms with E-state index in [1.54, 1.807) is 0 Å². The fourth-order valence-electron chi connectivity index (χ4n) is 0.648. The van der Waals surface area contributed by atoms with Crippen molar-refractivity contribution in [2.75, 3.05) is 0 Å². The van der Waals surface area contributed by atoms with E-state index in [1.807, 2.05) is 6.92 Å². The minimum atomic E-state index is -4.61. The molecule has 0 aromatic heterocycles. The van der Waals surface area contributed by atoms with Crippen LogP contribution >= 0.6 is 23.2 Å². The molecule has 0 aliphatic carbocycles. The third kappa shape index (κ3) is 4.77. The summed E-state index contributed by atoms with van der Waals surface area (Å²) in [6.45, 7) is 1.95. The number of alkyl halides is 5. The first kappa shape index (κ1) is 13.1. The molecule has 0 aromatic carbocycles. The summed E-state index contributed by atoms with van der Waals surface area (Å²) < 4.78 is 33.3. The van der Waals surface area contributed by atoms with Crippen LogP contribution in [0.5, 0.6) is 0 Å². The molecule has 0 aliphatic rings. The van der Waals surface area contributed by atoms with E-state index in [1.165, 1.54) is 6.08 Å². The van der Waals surface area contributed by atoms with Crippen LogP contribution in [0.4, 0.5) is 13.2 Å². The first-order chi connectivity index (χ1) is 5.81. The van der Waals surface area contributed by atoms with Crippen LogP contribution in [-0.4, -0.2) is 10.5 Å². The molecule has 0 amide bonds. The molecule has 0 nitrogen and oxygen atoms in total. The maximum absolute atomic E-state index is 12.0. The zero-order valence-electron chi connectivity index (χ0n) is 7.17. The van der Waals surface area contributed by atoms with Gasteiger partial charge in [-0.25, -0.2) is 0 Å². The Hall–Kier alpha value is 0.110. The monoisotopic (exact) mass is 234 g/mol. The van der Waals surface area contributed by atoms with Crippen molar-refractivity contribution in [3.8, 4) is 0 Å². The van der Waals surface area contributed by atoms with Crippen LogP contribution in [0.3, 0.4) is 0 Å². The van der Waals surface area contributed by atoms with Crippen LogP contribution in [-0.2, 0) is 0 Å². The van der Waals surface area contributed by atoms with Gasteiger partial charge in [0.15, 0.2) is 0 Å². The summed E-state index contributed by atoms with van der Waals surface area (Å²) in [6.07, 6.45) is -0.151. The molecule has 0 aromatic rings. The topological polar surface area (TPSA) is 0 Å². The molecule has 0 radical (unpaired) electrons. The highest BCUT2D eigenvalue weighted by Crippen LogP contribution is 2.40. The molecular weight excluding hydrogens is 224 g/mol. The van der Waals surface area contributed by atoms with Gasteiger partial charge in [0.2, 0.25) is 4.33 Å². The van der Waals surface area contributed by atoms with Crippen molar-refractivity contribution >= 4 is 23.2 Å². The smallest absolute Gasteiger partial charge is 0.167 e. The van der Waals surface area contributed by atoms with Crippen LogP contribution in [0.2, 0.25) is 0 Å². The van der Waals surface area contributed by atoms with Gasteiger partial charge in [-0.3, -0.25) is 0 Å². The Morgan fingerprint density at radius 1 is 1.23 bits per heavy atom. The quantitative estimate of drug-likeness (QED) is 0.383. The predicted molar refractivity (Wildman–Crippen MR) is 49.2 cm³/mol. The molecule has 0 saturated heterocycles. The largest absolute Gasteiger partial charge is 0.425 e. The van der Waals surface area contributed by atoms with E-state index in [0.29, 0.717) is 6.42 Å². The van der Waals surface area contributed by atoms with Gasteiger partial charge in [0.05, 0.1) is 0 Å². The molecule has 0 heterocycles. The minimum absolute atomic E-state index is 0.563. The summed E-state index contributed by atoms with van der Waals surface area (Å²) in [5, 5.41) is 0. The van der Waals surface area contributed by atoms with Gasteiger partial charge in [0.1, 0.15) is 0 Å². The average Bonchev–Trinajstić information content (AvgIpc) is 1.96. The van der Waals surface area contributed by atoms with E-state index in [-0.39, 0.29) is 0 Å². The maximum Gasteiger partial charge on any atom is 0.425 e. The van der Waals surface area contributed by atoms with Crippen molar-refractivity contribution < 1.29 is 13.2 Å². The second-order valence-electron chi connectivity index (χ2n) is 2.67. The zero-order chi connectivity index (χ0) is 10.5. The van der Waals surface area contributed by atoms with E-state index in [9.17, 15) is 13.2 Å². The summed E-state index contributed by atoms with van der Waals surface area (Å²) in [6, 6.07) is 0. The normalized spacial score (nSPS) is 14.0. The second kappa shape index (κ2) is 5.11. The highest BCUT2D eigenvalue weighted by molar-refractivity contribution is 6.50. The number of unbranched alkanes of at least 4 members (excludes halogenated alkanes) is 2. The molecule has 0 fully saturated rings. The van der Waals surface area contributed by atoms with E-state index < -0.39 is 10.5 Å². The SMILES string of the molecule is CCCC/C=C/C(Cl)(Cl)C(F)(F)F. The standard InChI is InChI=1S/C8H11Cl2F3/c1-2-3-4-5-6-7(9,10)8(11,12)13/h5-6H,2-4H2,1H3/b6-5+. The van der Waals surface area contributed by atoms with Crippen LogP contribution in [0.25, 0.3) is 0 Å². The number of hydrogen-bond acceptors (Lipinski definition) is 0. The lowest BCUT2D eigenvalue weighted by atomic mass is 10.2. The number of halogens is 5. The molecule has 0 rings (SSSR count). The number of rotatable bonds is 4. The summed E-state index contributed by atoms with van der Waals surface area (Å²) in [7, 11) is 0. The fourth-order valence-corrected chi connectivity index (χ4v) is 0.826. The van der Waals surface area contributed by atoms with Crippen molar-refractivity contribution in [1.29, 1.82) is 0 Å². The minimum Gasteiger partial charge on any atom is -0.167 e. The van der Waals surface area contributed by atoms with E-state index in [2.05, 4.69) is 0 Å². The first-order valence-electron chi connectivity index (χ1n) is 3.93. The summed E-state index contributed by atoms with van der Waals surface area (Å²) in [5.41, 5.74) is 0. The van der Waals surface area contributed by atoms with Gasteiger partial charge in [0.25, 0.3) is 0 Å². The summed E-state index contributed by atoms with van der Waals surface area (Å²) >= 11 is 10.1. The fraction of sp³-hybridized carbons (Fsp3) is 0.750. The molecule has 13 heavy (non-hydrogen) atoms. The van der Waals surface area contributed by atoms with Crippen molar-refractivity contribution in [3.05, 3.63) is 12.2 Å². The number of hydrogen-bond donors (Lipinski definition) is 0. The third-order valence-electron chi connectivity index (χ3n) is 1.43. The van der Waals surface area contributed by atoms with Crippen molar-refractivity contribution in [2.24, 2.45) is 0 Å². The van der Waals surface area contributed by atoms with Crippen molar-refractivity contribution in [3.63, 3.8) is 0 Å². The van der Waals surface area contributed by atoms with Gasteiger partial charge >= 0.3 is 6.18 Å². The molecule has 0 unspecified atom stereocenters. The first-order valence-corrected chi connectivity index (χ1v) is 4.69. The molecule has 0 spiro atoms. The zero-order valence-corrected chi connectivity index (χ0v) is 8.68. The molecule has 78 valence electrons. The molecule has 0 saturated carbocycles. The Morgan fingerprint density at radius 2 is 1.77 bits per heavy atom. The lowest BCUT2D eigenvalue weighted by molar-refractivity contribution is -0.131. The van der Waals surface area contributed by atoms with Crippen LogP contribution < -0.4 is 0 Å². The molecule has 5 heteroatoms. The van der Waals surface area contributed by atoms with Gasteiger partial charge in [0, 0.05) is 0 Å². The van der Waals surface area contributed by atoms with Crippen LogP contribution in [0.15, 0.2) is 12.2 Å². The maximum atomic E-state index is 12.0. The van der Waals surface area contributed by atoms with Crippen molar-refractivity contribution in [1.82, 2.24) is 0 Å². The predicted octanol–water partition coefficient (Wildman–Crippen LogP) is 4.47. The Labute approximate surface area is 85.7 Å². The van der Waals surface area contributed by atoms with Crippen LogP contribution in [0, 0.1) is 0 Å². The molecule has 0 bridgehead atoms. The van der Waals surface area contributed by atoms with Crippen LogP contribution in [0.1, 0.15) is 26.2 Å². The molecule has 0 N–H and O–H groups in total. The molecule has 0 aliphatic heterocycles. The van der Waals surface area contributed by atoms with Gasteiger partial charge in [-0.05, 0) is 12.5 Å². The highest BCUT2D eigenvalue weighted by atomic mass is 35.5. The van der Waals surface area contributed by atoms with Gasteiger partial charge in [-0.2, -0.15) is 13.2 Å².